The molecule has 0 N–H and O–H groups in total. The van der Waals surface area contributed by atoms with Gasteiger partial charge in [-0.05, 0) is 116 Å². The van der Waals surface area contributed by atoms with Crippen molar-refractivity contribution in [2.45, 2.75) is 77.1 Å². The Bertz CT molecular complexity index is 1320. The second kappa shape index (κ2) is 13.7. The molecule has 0 spiro atoms. The van der Waals surface area contributed by atoms with Gasteiger partial charge in [0.2, 0.25) is 0 Å². The highest BCUT2D eigenvalue weighted by molar-refractivity contribution is 5.66. The van der Waals surface area contributed by atoms with E-state index in [2.05, 4.69) is 6.92 Å². The molecule has 0 radical (unpaired) electrons. The minimum Gasteiger partial charge on any atom is -0.207 e. The van der Waals surface area contributed by atoms with E-state index in [0.717, 1.165) is 68.9 Å². The fraction of sp³-hybridized carbons (Fsp3) is 0.394. The number of hydrogen-bond acceptors (Lipinski definition) is 0. The fourth-order valence-corrected chi connectivity index (χ4v) is 5.84. The first-order valence-corrected chi connectivity index (χ1v) is 14.0. The number of aryl methyl sites for hydroxylation is 1. The van der Waals surface area contributed by atoms with Gasteiger partial charge in [0, 0.05) is 11.1 Å². The lowest BCUT2D eigenvalue weighted by atomic mass is 9.77. The summed E-state index contributed by atoms with van der Waals surface area (Å²) in [4.78, 5) is 0. The molecule has 0 atom stereocenters. The van der Waals surface area contributed by atoms with Gasteiger partial charge in [-0.2, -0.15) is 0 Å². The molecule has 4 rings (SSSR count). The van der Waals surface area contributed by atoms with Gasteiger partial charge in [-0.25, -0.2) is 35.1 Å². The summed E-state index contributed by atoms with van der Waals surface area (Å²) in [5, 5.41) is 0. The van der Waals surface area contributed by atoms with Gasteiger partial charge in [0.1, 0.15) is 34.9 Å². The van der Waals surface area contributed by atoms with Crippen LogP contribution in [-0.4, -0.2) is 6.43 Å². The van der Waals surface area contributed by atoms with Gasteiger partial charge < -0.3 is 0 Å². The van der Waals surface area contributed by atoms with Crippen LogP contribution in [0.1, 0.15) is 73.6 Å². The van der Waals surface area contributed by atoms with Gasteiger partial charge in [-0.3, -0.25) is 0 Å². The van der Waals surface area contributed by atoms with E-state index in [4.69, 9.17) is 0 Å². The van der Waals surface area contributed by atoms with Crippen molar-refractivity contribution in [1.29, 1.82) is 0 Å². The van der Waals surface area contributed by atoms with Crippen LogP contribution in [0.15, 0.2) is 48.6 Å². The third kappa shape index (κ3) is 7.57. The Balaban J connectivity index is 1.49. The fourth-order valence-electron chi connectivity index (χ4n) is 5.84. The Labute approximate surface area is 235 Å². The first-order valence-electron chi connectivity index (χ1n) is 14.0. The molecule has 8 heteroatoms. The highest BCUT2D eigenvalue weighted by Crippen LogP contribution is 2.40. The molecule has 0 saturated heterocycles. The zero-order valence-electron chi connectivity index (χ0n) is 22.7. The molecule has 0 unspecified atom stereocenters. The molecule has 0 aromatic heterocycles. The molecule has 0 aliphatic heterocycles. The third-order valence-corrected chi connectivity index (χ3v) is 7.98. The molecule has 1 aliphatic rings. The average Bonchev–Trinajstić information content (AvgIpc) is 2.90. The van der Waals surface area contributed by atoms with E-state index >= 15 is 8.78 Å². The Morgan fingerprint density at radius 3 is 1.80 bits per heavy atom. The Kier molecular flexibility index (Phi) is 10.3. The molecule has 0 heterocycles. The largest absolute Gasteiger partial charge is 0.257 e. The van der Waals surface area contributed by atoms with Crippen molar-refractivity contribution in [3.8, 4) is 11.1 Å². The quantitative estimate of drug-likeness (QED) is 0.165. The van der Waals surface area contributed by atoms with Crippen LogP contribution in [0.4, 0.5) is 35.1 Å². The van der Waals surface area contributed by atoms with Gasteiger partial charge in [-0.1, -0.05) is 25.8 Å². The third-order valence-electron chi connectivity index (χ3n) is 7.98. The maximum atomic E-state index is 15.1. The molecular weight excluding hydrogens is 548 g/mol. The Morgan fingerprint density at radius 2 is 1.27 bits per heavy atom. The van der Waals surface area contributed by atoms with Crippen LogP contribution in [-0.2, 0) is 19.3 Å². The maximum absolute atomic E-state index is 15.1. The van der Waals surface area contributed by atoms with Crippen LogP contribution in [0.5, 0.6) is 0 Å². The molecule has 3 aromatic rings. The molecule has 220 valence electrons. The Morgan fingerprint density at radius 1 is 0.707 bits per heavy atom. The standard InChI is InChI=1S/C33H32F8/c1-2-4-19-7-10-21(11-8-19)22-15-30(38)33(31(39)16-22)23-17-28(36)25(29(37)18-23)12-9-20-13-26(34)24(27(35)14-20)5-3-6-32(40)41/h3,6,13-19,21,32H,2,4-5,7-12H2,1H3. The van der Waals surface area contributed by atoms with Crippen molar-refractivity contribution >= 4 is 0 Å². The predicted molar refractivity (Wildman–Crippen MR) is 144 cm³/mol. The lowest BCUT2D eigenvalue weighted by Crippen LogP contribution is -2.13. The minimum absolute atomic E-state index is 0.0369. The number of hydrogen-bond donors (Lipinski definition) is 0. The van der Waals surface area contributed by atoms with E-state index in [0.29, 0.717) is 17.6 Å². The highest BCUT2D eigenvalue weighted by atomic mass is 19.3. The molecule has 0 amide bonds. The van der Waals surface area contributed by atoms with Crippen molar-refractivity contribution in [1.82, 2.24) is 0 Å². The summed E-state index contributed by atoms with van der Waals surface area (Å²) in [5.41, 5.74) is -0.923. The molecule has 41 heavy (non-hydrogen) atoms. The van der Waals surface area contributed by atoms with E-state index in [-0.39, 0.29) is 41.9 Å². The SMILES string of the molecule is CCCC1CCC(c2cc(F)c(-c3cc(F)c(CCc4cc(F)c(CC=CC(F)F)c(F)c4)c(F)c3)c(F)c2)CC1. The molecule has 1 fully saturated rings. The van der Waals surface area contributed by atoms with Crippen LogP contribution in [0.25, 0.3) is 11.1 Å². The maximum Gasteiger partial charge on any atom is 0.257 e. The van der Waals surface area contributed by atoms with E-state index in [9.17, 15) is 26.3 Å². The zero-order valence-corrected chi connectivity index (χ0v) is 22.7. The second-order valence-electron chi connectivity index (χ2n) is 10.8. The molecule has 1 aliphatic carbocycles. The van der Waals surface area contributed by atoms with E-state index in [1.165, 1.54) is 12.1 Å². The van der Waals surface area contributed by atoms with Crippen molar-refractivity contribution in [3.63, 3.8) is 0 Å². The summed E-state index contributed by atoms with van der Waals surface area (Å²) in [6, 6.07) is 6.19. The van der Waals surface area contributed by atoms with Crippen molar-refractivity contribution in [2.75, 3.05) is 0 Å². The number of benzene rings is 3. The van der Waals surface area contributed by atoms with Crippen LogP contribution in [0.3, 0.4) is 0 Å². The number of alkyl halides is 2. The van der Waals surface area contributed by atoms with Crippen molar-refractivity contribution < 1.29 is 35.1 Å². The smallest absolute Gasteiger partial charge is 0.207 e. The summed E-state index contributed by atoms with van der Waals surface area (Å²) in [5.74, 6) is -5.10. The minimum atomic E-state index is -2.75. The average molecular weight is 581 g/mol. The van der Waals surface area contributed by atoms with Crippen molar-refractivity contribution in [3.05, 3.63) is 106 Å². The molecule has 3 aromatic carbocycles. The van der Waals surface area contributed by atoms with E-state index in [1.807, 2.05) is 0 Å². The normalized spacial score (nSPS) is 17.6. The number of halogens is 8. The topological polar surface area (TPSA) is 0 Å². The molecule has 0 bridgehead atoms. The van der Waals surface area contributed by atoms with Crippen LogP contribution in [0, 0.1) is 40.8 Å². The zero-order chi connectivity index (χ0) is 29.7. The second-order valence-corrected chi connectivity index (χ2v) is 10.8. The van der Waals surface area contributed by atoms with Crippen LogP contribution in [0.2, 0.25) is 0 Å². The van der Waals surface area contributed by atoms with E-state index < -0.39 is 52.5 Å². The summed E-state index contributed by atoms with van der Waals surface area (Å²) >= 11 is 0. The van der Waals surface area contributed by atoms with Gasteiger partial charge in [0.25, 0.3) is 6.43 Å². The number of allylic oxidation sites excluding steroid dienone is 2. The van der Waals surface area contributed by atoms with E-state index in [1.54, 1.807) is 0 Å². The highest BCUT2D eigenvalue weighted by Gasteiger charge is 2.25. The first kappa shape index (κ1) is 30.8. The van der Waals surface area contributed by atoms with Gasteiger partial charge in [0.15, 0.2) is 0 Å². The summed E-state index contributed by atoms with van der Waals surface area (Å²) in [6.07, 6.45) is 3.89. The van der Waals surface area contributed by atoms with Gasteiger partial charge in [0.05, 0.1) is 5.56 Å². The molecule has 0 nitrogen and oxygen atoms in total. The monoisotopic (exact) mass is 580 g/mol. The summed E-state index contributed by atoms with van der Waals surface area (Å²) < 4.78 is 113. The lowest BCUT2D eigenvalue weighted by molar-refractivity contribution is 0.204. The lowest BCUT2D eigenvalue weighted by Gasteiger charge is -2.29. The summed E-state index contributed by atoms with van der Waals surface area (Å²) in [6.45, 7) is 2.14. The van der Waals surface area contributed by atoms with Gasteiger partial charge >= 0.3 is 0 Å². The predicted octanol–water partition coefficient (Wildman–Crippen LogP) is 10.4. The van der Waals surface area contributed by atoms with Gasteiger partial charge in [-0.15, -0.1) is 0 Å². The Hall–Kier alpha value is -3.16. The molecule has 1 saturated carbocycles. The summed E-state index contributed by atoms with van der Waals surface area (Å²) in [7, 11) is 0. The first-order chi connectivity index (χ1) is 19.6. The molecular formula is C33H32F8. The van der Waals surface area contributed by atoms with Crippen LogP contribution >= 0.6 is 0 Å². The van der Waals surface area contributed by atoms with Crippen molar-refractivity contribution in [2.24, 2.45) is 5.92 Å². The van der Waals surface area contributed by atoms with Crippen LogP contribution < -0.4 is 0 Å². The number of rotatable bonds is 10.